The molecule has 33 heavy (non-hydrogen) atoms. The molecule has 0 radical (unpaired) electrons. The molecule has 2 heterocycles. The van der Waals surface area contributed by atoms with Gasteiger partial charge in [-0.05, 0) is 61.6 Å². The summed E-state index contributed by atoms with van der Waals surface area (Å²) in [5.74, 6) is 0.904. The largest absolute Gasteiger partial charge is 0.444 e. The van der Waals surface area contributed by atoms with Gasteiger partial charge in [-0.3, -0.25) is 0 Å². The molecule has 1 aromatic heterocycles. The molecule has 1 aliphatic carbocycles. The van der Waals surface area contributed by atoms with Gasteiger partial charge in [-0.25, -0.2) is 14.8 Å². The van der Waals surface area contributed by atoms with Crippen molar-refractivity contribution in [1.82, 2.24) is 14.9 Å². The summed E-state index contributed by atoms with van der Waals surface area (Å²) in [5, 5.41) is 0. The zero-order chi connectivity index (χ0) is 24.0. The molecule has 1 aliphatic heterocycles. The van der Waals surface area contributed by atoms with Crippen molar-refractivity contribution in [3.05, 3.63) is 41.7 Å². The van der Waals surface area contributed by atoms with Crippen molar-refractivity contribution < 1.29 is 9.53 Å². The number of aromatic nitrogens is 2. The molecule has 0 atom stereocenters. The van der Waals surface area contributed by atoms with E-state index in [1.807, 2.05) is 20.8 Å². The van der Waals surface area contributed by atoms with Gasteiger partial charge in [-0.15, -0.1) is 0 Å². The topological polar surface area (TPSA) is 58.6 Å². The van der Waals surface area contributed by atoms with Crippen molar-refractivity contribution in [2.75, 3.05) is 31.1 Å². The van der Waals surface area contributed by atoms with Crippen LogP contribution in [0.25, 0.3) is 11.3 Å². The molecular formula is C27H38N4O2. The number of hydrogen-bond donors (Lipinski definition) is 0. The van der Waals surface area contributed by atoms with Crippen LogP contribution in [0.2, 0.25) is 0 Å². The van der Waals surface area contributed by atoms with Crippen molar-refractivity contribution in [2.24, 2.45) is 0 Å². The molecule has 0 N–H and O–H groups in total. The number of carbonyl (C=O) groups excluding carboxylic acids is 1. The summed E-state index contributed by atoms with van der Waals surface area (Å²) >= 11 is 0. The fourth-order valence-electron chi connectivity index (χ4n) is 4.87. The Morgan fingerprint density at radius 3 is 2.18 bits per heavy atom. The monoisotopic (exact) mass is 450 g/mol. The predicted octanol–water partition coefficient (Wildman–Crippen LogP) is 5.55. The van der Waals surface area contributed by atoms with Crippen LogP contribution >= 0.6 is 0 Å². The number of benzene rings is 1. The average Bonchev–Trinajstić information content (AvgIpc) is 2.76. The Labute approximate surface area is 198 Å². The first-order chi connectivity index (χ1) is 15.4. The lowest BCUT2D eigenvalue weighted by Crippen LogP contribution is -2.50. The summed E-state index contributed by atoms with van der Waals surface area (Å²) in [4.78, 5) is 25.5. The minimum atomic E-state index is -0.478. The Morgan fingerprint density at radius 1 is 0.909 bits per heavy atom. The van der Waals surface area contributed by atoms with E-state index in [0.717, 1.165) is 30.2 Å². The Morgan fingerprint density at radius 2 is 1.55 bits per heavy atom. The van der Waals surface area contributed by atoms with E-state index < -0.39 is 5.60 Å². The fourth-order valence-corrected chi connectivity index (χ4v) is 4.87. The van der Waals surface area contributed by atoms with Gasteiger partial charge >= 0.3 is 6.09 Å². The van der Waals surface area contributed by atoms with Gasteiger partial charge in [0.2, 0.25) is 0 Å². The van der Waals surface area contributed by atoms with Gasteiger partial charge in [0.1, 0.15) is 17.7 Å². The summed E-state index contributed by atoms with van der Waals surface area (Å²) in [6, 6.07) is 8.91. The van der Waals surface area contributed by atoms with E-state index in [4.69, 9.17) is 4.74 Å². The van der Waals surface area contributed by atoms with Gasteiger partial charge in [0, 0.05) is 37.8 Å². The Kier molecular flexibility index (Phi) is 5.92. The molecule has 0 spiro atoms. The number of amides is 1. The Balaban J connectivity index is 1.52. The molecule has 2 aliphatic rings. The second kappa shape index (κ2) is 8.30. The predicted molar refractivity (Wildman–Crippen MR) is 133 cm³/mol. The first-order valence-electron chi connectivity index (χ1n) is 12.1. The molecule has 1 amide bonds. The number of piperazine rings is 1. The second-order valence-corrected chi connectivity index (χ2v) is 11.7. The van der Waals surface area contributed by atoms with Crippen LogP contribution in [0.3, 0.4) is 0 Å². The molecule has 6 nitrogen and oxygen atoms in total. The fraction of sp³-hybridized carbons (Fsp3) is 0.593. The van der Waals surface area contributed by atoms with Crippen LogP contribution in [-0.2, 0) is 15.6 Å². The summed E-state index contributed by atoms with van der Waals surface area (Å²) in [7, 11) is 0. The molecule has 0 bridgehead atoms. The normalized spacial score (nSPS) is 19.7. The Bertz CT molecular complexity index is 1030. The van der Waals surface area contributed by atoms with E-state index >= 15 is 0 Å². The number of fused-ring (bicyclic) bond motifs is 1. The number of nitrogens with zero attached hydrogens (tertiary/aromatic N) is 4. The van der Waals surface area contributed by atoms with Crippen LogP contribution in [0.1, 0.15) is 72.4 Å². The maximum Gasteiger partial charge on any atom is 0.410 e. The molecule has 4 rings (SSSR count). The van der Waals surface area contributed by atoms with E-state index in [0.29, 0.717) is 13.1 Å². The molecule has 178 valence electrons. The highest BCUT2D eigenvalue weighted by Crippen LogP contribution is 2.46. The maximum atomic E-state index is 12.4. The number of hydrogen-bond acceptors (Lipinski definition) is 5. The first kappa shape index (κ1) is 23.5. The summed E-state index contributed by atoms with van der Waals surface area (Å²) in [6.07, 6.45) is 3.80. The smallest absolute Gasteiger partial charge is 0.410 e. The van der Waals surface area contributed by atoms with E-state index in [1.54, 1.807) is 11.2 Å². The van der Waals surface area contributed by atoms with Crippen molar-refractivity contribution in [2.45, 2.75) is 77.7 Å². The molecule has 1 fully saturated rings. The van der Waals surface area contributed by atoms with Crippen LogP contribution < -0.4 is 4.90 Å². The third-order valence-corrected chi connectivity index (χ3v) is 7.06. The molecule has 0 unspecified atom stereocenters. The zero-order valence-corrected chi connectivity index (χ0v) is 21.2. The van der Waals surface area contributed by atoms with E-state index in [-0.39, 0.29) is 16.9 Å². The quantitative estimate of drug-likeness (QED) is 0.600. The van der Waals surface area contributed by atoms with Crippen molar-refractivity contribution >= 4 is 11.9 Å². The lowest BCUT2D eigenvalue weighted by molar-refractivity contribution is 0.0240. The second-order valence-electron chi connectivity index (χ2n) is 11.7. The average molecular weight is 451 g/mol. The molecule has 2 aromatic rings. The third kappa shape index (κ3) is 4.99. The number of rotatable bonds is 2. The molecule has 0 saturated carbocycles. The molecule has 6 heteroatoms. The van der Waals surface area contributed by atoms with Crippen LogP contribution in [0, 0.1) is 0 Å². The van der Waals surface area contributed by atoms with Crippen LogP contribution in [-0.4, -0.2) is 52.7 Å². The molecule has 1 saturated heterocycles. The third-order valence-electron chi connectivity index (χ3n) is 7.06. The van der Waals surface area contributed by atoms with Gasteiger partial charge in [0.25, 0.3) is 0 Å². The van der Waals surface area contributed by atoms with Gasteiger partial charge in [-0.1, -0.05) is 39.8 Å². The summed E-state index contributed by atoms with van der Waals surface area (Å²) in [5.41, 5.74) is 4.85. The minimum absolute atomic E-state index is 0.161. The first-order valence-corrected chi connectivity index (χ1v) is 12.1. The minimum Gasteiger partial charge on any atom is -0.444 e. The Hall–Kier alpha value is -2.63. The highest BCUT2D eigenvalue weighted by Gasteiger charge is 2.37. The van der Waals surface area contributed by atoms with Crippen molar-refractivity contribution in [1.29, 1.82) is 0 Å². The van der Waals surface area contributed by atoms with E-state index in [2.05, 4.69) is 66.8 Å². The van der Waals surface area contributed by atoms with Crippen molar-refractivity contribution in [3.8, 4) is 11.3 Å². The number of ether oxygens (including phenoxy) is 1. The highest BCUT2D eigenvalue weighted by molar-refractivity contribution is 5.69. The SMILES string of the molecule is CC(C)(C)OC(=O)N1CCN(c2cc(-c3ccc4c(c3)C(C)(C)CCC4(C)C)ncn2)CC1. The summed E-state index contributed by atoms with van der Waals surface area (Å²) in [6.45, 7) is 17.8. The van der Waals surface area contributed by atoms with Gasteiger partial charge in [-0.2, -0.15) is 0 Å². The maximum absolute atomic E-state index is 12.4. The van der Waals surface area contributed by atoms with Gasteiger partial charge in [0.15, 0.2) is 0 Å². The molecular weight excluding hydrogens is 412 g/mol. The number of carbonyl (C=O) groups is 1. The van der Waals surface area contributed by atoms with E-state index in [1.165, 1.54) is 24.0 Å². The number of anilines is 1. The van der Waals surface area contributed by atoms with Gasteiger partial charge in [0.05, 0.1) is 5.69 Å². The molecule has 1 aromatic carbocycles. The zero-order valence-electron chi connectivity index (χ0n) is 21.2. The van der Waals surface area contributed by atoms with Crippen LogP contribution in [0.4, 0.5) is 10.6 Å². The lowest BCUT2D eigenvalue weighted by atomic mass is 9.63. The van der Waals surface area contributed by atoms with Gasteiger partial charge < -0.3 is 14.5 Å². The summed E-state index contributed by atoms with van der Waals surface area (Å²) < 4.78 is 5.51. The standard InChI is InChI=1S/C27H38N4O2/c1-25(2,3)33-24(32)31-14-12-30(13-15-31)23-17-22(28-18-29-23)19-8-9-20-21(16-19)27(6,7)11-10-26(20,4)5/h8-9,16-18H,10-15H2,1-7H3. The van der Waals surface area contributed by atoms with E-state index in [9.17, 15) is 4.79 Å². The van der Waals surface area contributed by atoms with Crippen molar-refractivity contribution in [3.63, 3.8) is 0 Å². The van der Waals surface area contributed by atoms with Crippen LogP contribution in [0.15, 0.2) is 30.6 Å². The lowest BCUT2D eigenvalue weighted by Gasteiger charge is -2.42. The van der Waals surface area contributed by atoms with Crippen LogP contribution in [0.5, 0.6) is 0 Å². The highest BCUT2D eigenvalue weighted by atomic mass is 16.6.